The Kier molecular flexibility index (Phi) is 3.75. The van der Waals surface area contributed by atoms with Crippen molar-refractivity contribution < 1.29 is 0 Å². The van der Waals surface area contributed by atoms with E-state index < -0.39 is 0 Å². The minimum absolute atomic E-state index is 0.814. The van der Waals surface area contributed by atoms with E-state index in [1.807, 2.05) is 25.1 Å². The SMILES string of the molecule is CC#CN=C(C)Nc1ccccc1C. The van der Waals surface area contributed by atoms with Gasteiger partial charge in [0.15, 0.2) is 0 Å². The minimum atomic E-state index is 0.814. The first kappa shape index (κ1) is 10.3. The maximum absolute atomic E-state index is 4.02. The molecule has 72 valence electrons. The van der Waals surface area contributed by atoms with Crippen molar-refractivity contribution in [2.45, 2.75) is 20.8 Å². The molecule has 14 heavy (non-hydrogen) atoms. The lowest BCUT2D eigenvalue weighted by molar-refractivity contribution is 1.43. The van der Waals surface area contributed by atoms with Crippen LogP contribution in [0.25, 0.3) is 0 Å². The predicted molar refractivity (Wildman–Crippen MR) is 61.4 cm³/mol. The number of aliphatic imine (C=N–C) groups is 1. The Morgan fingerprint density at radius 1 is 1.36 bits per heavy atom. The molecule has 0 fully saturated rings. The molecule has 1 aromatic carbocycles. The summed E-state index contributed by atoms with van der Waals surface area (Å²) < 4.78 is 0. The van der Waals surface area contributed by atoms with E-state index in [0.717, 1.165) is 11.5 Å². The summed E-state index contributed by atoms with van der Waals surface area (Å²) in [6, 6.07) is 10.7. The van der Waals surface area contributed by atoms with E-state index in [1.54, 1.807) is 6.92 Å². The van der Waals surface area contributed by atoms with Crippen molar-refractivity contribution in [1.82, 2.24) is 0 Å². The molecule has 0 saturated carbocycles. The van der Waals surface area contributed by atoms with Crippen LogP contribution in [-0.4, -0.2) is 5.84 Å². The van der Waals surface area contributed by atoms with Gasteiger partial charge in [-0.2, -0.15) is 4.99 Å². The van der Waals surface area contributed by atoms with Crippen molar-refractivity contribution in [3.05, 3.63) is 29.8 Å². The van der Waals surface area contributed by atoms with Gasteiger partial charge in [-0.05, 0) is 32.4 Å². The van der Waals surface area contributed by atoms with Crippen molar-refractivity contribution in [3.63, 3.8) is 0 Å². The second-order valence-electron chi connectivity index (χ2n) is 3.00. The molecule has 0 unspecified atom stereocenters. The largest absolute Gasteiger partial charge is 0.343 e. The van der Waals surface area contributed by atoms with E-state index in [9.17, 15) is 0 Å². The summed E-state index contributed by atoms with van der Waals surface area (Å²) in [6.07, 6.45) is 0. The van der Waals surface area contributed by atoms with Gasteiger partial charge in [0, 0.05) is 11.7 Å². The summed E-state index contributed by atoms with van der Waals surface area (Å²) in [4.78, 5) is 4.02. The standard InChI is InChI=1S/C12H14N2/c1-4-9-13-11(3)14-12-8-6-5-7-10(12)2/h5-8H,1-3H3,(H,13,14). The summed E-state index contributed by atoms with van der Waals surface area (Å²) in [5.41, 5.74) is 2.28. The van der Waals surface area contributed by atoms with Gasteiger partial charge in [0.25, 0.3) is 0 Å². The fourth-order valence-electron chi connectivity index (χ4n) is 1.08. The van der Waals surface area contributed by atoms with Crippen LogP contribution in [0.5, 0.6) is 0 Å². The molecule has 0 aliphatic carbocycles. The van der Waals surface area contributed by atoms with E-state index in [2.05, 4.69) is 35.3 Å². The van der Waals surface area contributed by atoms with Gasteiger partial charge in [0.1, 0.15) is 5.84 Å². The van der Waals surface area contributed by atoms with Gasteiger partial charge >= 0.3 is 0 Å². The van der Waals surface area contributed by atoms with Crippen LogP contribution in [0.4, 0.5) is 5.69 Å². The van der Waals surface area contributed by atoms with E-state index in [1.165, 1.54) is 5.56 Å². The molecular formula is C12H14N2. The monoisotopic (exact) mass is 186 g/mol. The van der Waals surface area contributed by atoms with Crippen molar-refractivity contribution >= 4 is 11.5 Å². The van der Waals surface area contributed by atoms with Gasteiger partial charge < -0.3 is 5.32 Å². The molecular weight excluding hydrogens is 172 g/mol. The van der Waals surface area contributed by atoms with Crippen molar-refractivity contribution in [3.8, 4) is 12.0 Å². The lowest BCUT2D eigenvalue weighted by Gasteiger charge is -2.06. The maximum Gasteiger partial charge on any atom is 0.114 e. The number of nitrogens with zero attached hydrogens (tertiary/aromatic N) is 1. The quantitative estimate of drug-likeness (QED) is 0.407. The van der Waals surface area contributed by atoms with Crippen molar-refractivity contribution in [2.24, 2.45) is 4.99 Å². The van der Waals surface area contributed by atoms with Gasteiger partial charge in [0.05, 0.1) is 0 Å². The van der Waals surface area contributed by atoms with Crippen LogP contribution in [0.1, 0.15) is 19.4 Å². The number of rotatable bonds is 1. The van der Waals surface area contributed by atoms with Gasteiger partial charge in [-0.1, -0.05) is 24.1 Å². The highest BCUT2D eigenvalue weighted by molar-refractivity contribution is 5.94. The Hall–Kier alpha value is -1.75. The van der Waals surface area contributed by atoms with E-state index in [-0.39, 0.29) is 0 Å². The zero-order valence-corrected chi connectivity index (χ0v) is 8.76. The Labute approximate surface area is 85.1 Å². The predicted octanol–water partition coefficient (Wildman–Crippen LogP) is 2.81. The highest BCUT2D eigenvalue weighted by Gasteiger charge is 1.95. The van der Waals surface area contributed by atoms with Crippen molar-refractivity contribution in [1.29, 1.82) is 0 Å². The molecule has 1 aromatic rings. The van der Waals surface area contributed by atoms with Crippen LogP contribution in [-0.2, 0) is 0 Å². The zero-order valence-electron chi connectivity index (χ0n) is 8.76. The minimum Gasteiger partial charge on any atom is -0.343 e. The molecule has 0 radical (unpaired) electrons. The van der Waals surface area contributed by atoms with Crippen molar-refractivity contribution in [2.75, 3.05) is 5.32 Å². The zero-order chi connectivity index (χ0) is 10.4. The van der Waals surface area contributed by atoms with Crippen LogP contribution in [0.2, 0.25) is 0 Å². The molecule has 0 aliphatic rings. The normalized spacial score (nSPS) is 10.4. The fraction of sp³-hybridized carbons (Fsp3) is 0.250. The maximum atomic E-state index is 4.02. The summed E-state index contributed by atoms with van der Waals surface area (Å²) in [7, 11) is 0. The number of anilines is 1. The first-order valence-corrected chi connectivity index (χ1v) is 4.52. The second-order valence-corrected chi connectivity index (χ2v) is 3.00. The Morgan fingerprint density at radius 3 is 2.71 bits per heavy atom. The highest BCUT2D eigenvalue weighted by Crippen LogP contribution is 2.12. The number of nitrogens with one attached hydrogen (secondary N) is 1. The van der Waals surface area contributed by atoms with Crippen LogP contribution < -0.4 is 5.32 Å². The topological polar surface area (TPSA) is 24.4 Å². The lowest BCUT2D eigenvalue weighted by atomic mass is 10.2. The summed E-state index contributed by atoms with van der Waals surface area (Å²) in [6.45, 7) is 5.72. The molecule has 0 aliphatic heterocycles. The molecule has 0 atom stereocenters. The van der Waals surface area contributed by atoms with Gasteiger partial charge in [-0.15, -0.1) is 0 Å². The number of amidine groups is 1. The fourth-order valence-corrected chi connectivity index (χ4v) is 1.08. The Balaban J connectivity index is 2.77. The van der Waals surface area contributed by atoms with Crippen LogP contribution >= 0.6 is 0 Å². The third kappa shape index (κ3) is 2.95. The van der Waals surface area contributed by atoms with Gasteiger partial charge in [-0.3, -0.25) is 0 Å². The number of aryl methyl sites for hydroxylation is 1. The van der Waals surface area contributed by atoms with Crippen LogP contribution in [0.15, 0.2) is 29.3 Å². The van der Waals surface area contributed by atoms with E-state index in [0.29, 0.717) is 0 Å². The molecule has 0 saturated heterocycles. The molecule has 0 heterocycles. The molecule has 1 N–H and O–H groups in total. The van der Waals surface area contributed by atoms with E-state index in [4.69, 9.17) is 0 Å². The summed E-state index contributed by atoms with van der Waals surface area (Å²) >= 11 is 0. The summed E-state index contributed by atoms with van der Waals surface area (Å²) in [5, 5.41) is 3.19. The highest BCUT2D eigenvalue weighted by atomic mass is 15.0. The molecule has 0 bridgehead atoms. The number of hydrogen-bond acceptors (Lipinski definition) is 1. The average Bonchev–Trinajstić information content (AvgIpc) is 2.18. The smallest absolute Gasteiger partial charge is 0.114 e. The molecule has 2 nitrogen and oxygen atoms in total. The molecule has 0 aromatic heterocycles. The molecule has 0 spiro atoms. The van der Waals surface area contributed by atoms with Gasteiger partial charge in [0.2, 0.25) is 0 Å². The summed E-state index contributed by atoms with van der Waals surface area (Å²) in [5.74, 6) is 3.54. The third-order valence-corrected chi connectivity index (χ3v) is 1.80. The average molecular weight is 186 g/mol. The molecule has 2 heteroatoms. The number of para-hydroxylation sites is 1. The number of hydrogen-bond donors (Lipinski definition) is 1. The molecule has 1 rings (SSSR count). The molecule has 0 amide bonds. The van der Waals surface area contributed by atoms with E-state index >= 15 is 0 Å². The van der Waals surface area contributed by atoms with Crippen LogP contribution in [0, 0.1) is 18.9 Å². The first-order chi connectivity index (χ1) is 6.74. The van der Waals surface area contributed by atoms with Gasteiger partial charge in [-0.25, -0.2) is 0 Å². The Morgan fingerprint density at radius 2 is 2.07 bits per heavy atom. The second kappa shape index (κ2) is 5.08. The number of benzene rings is 1. The van der Waals surface area contributed by atoms with Crippen LogP contribution in [0.3, 0.4) is 0 Å². The third-order valence-electron chi connectivity index (χ3n) is 1.80. The Bertz CT molecular complexity index is 394. The lowest BCUT2D eigenvalue weighted by Crippen LogP contribution is -2.07. The first-order valence-electron chi connectivity index (χ1n) is 4.52.